The first-order chi connectivity index (χ1) is 16.1. The number of nitrogens with zero attached hydrogens (tertiary/aromatic N) is 8. The van der Waals surface area contributed by atoms with Gasteiger partial charge in [-0.3, -0.25) is 4.57 Å². The maximum absolute atomic E-state index is 12.6. The van der Waals surface area contributed by atoms with Gasteiger partial charge >= 0.3 is 5.69 Å². The topological polar surface area (TPSA) is 136 Å². The van der Waals surface area contributed by atoms with Crippen molar-refractivity contribution in [2.45, 2.75) is 18.9 Å². The highest BCUT2D eigenvalue weighted by Gasteiger charge is 2.26. The quantitative estimate of drug-likeness (QED) is 0.432. The van der Waals surface area contributed by atoms with Gasteiger partial charge in [-0.25, -0.2) is 29.7 Å². The van der Waals surface area contributed by atoms with E-state index in [-0.39, 0.29) is 17.7 Å². The summed E-state index contributed by atoms with van der Waals surface area (Å²) in [4.78, 5) is 39.8. The highest BCUT2D eigenvalue weighted by molar-refractivity contribution is 5.86. The van der Waals surface area contributed by atoms with Crippen molar-refractivity contribution in [2.75, 3.05) is 23.7 Å². The molecule has 1 saturated heterocycles. The zero-order valence-corrected chi connectivity index (χ0v) is 18.0. The van der Waals surface area contributed by atoms with E-state index in [1.807, 2.05) is 40.4 Å². The normalized spacial score (nSPS) is 15.0. The molecule has 4 aromatic heterocycles. The van der Waals surface area contributed by atoms with Crippen molar-refractivity contribution < 1.29 is 0 Å². The fraction of sp³-hybridized carbons (Fsp3) is 0.273. The molecule has 1 aliphatic rings. The van der Waals surface area contributed by atoms with E-state index in [0.29, 0.717) is 5.82 Å². The predicted octanol–water partition coefficient (Wildman–Crippen LogP) is 1.89. The van der Waals surface area contributed by atoms with E-state index in [4.69, 9.17) is 10.7 Å². The number of aromatic amines is 1. The van der Waals surface area contributed by atoms with Gasteiger partial charge in [0.15, 0.2) is 17.0 Å². The number of H-pyrrole nitrogens is 1. The number of aryl methyl sites for hydroxylation is 1. The monoisotopic (exact) mass is 442 g/mol. The number of nitrogens with one attached hydrogen (secondary N) is 1. The highest BCUT2D eigenvalue weighted by atomic mass is 16.1. The number of rotatable bonds is 3. The largest absolute Gasteiger partial charge is 0.368 e. The Bertz CT molecular complexity index is 1520. The van der Waals surface area contributed by atoms with Crippen molar-refractivity contribution in [3.8, 4) is 11.4 Å². The van der Waals surface area contributed by atoms with E-state index in [9.17, 15) is 4.79 Å². The van der Waals surface area contributed by atoms with E-state index in [2.05, 4.69) is 29.8 Å². The molecule has 0 saturated carbocycles. The van der Waals surface area contributed by atoms with E-state index in [1.54, 1.807) is 18.7 Å². The van der Waals surface area contributed by atoms with Crippen LogP contribution in [0.15, 0.2) is 47.8 Å². The van der Waals surface area contributed by atoms with Gasteiger partial charge in [0.25, 0.3) is 0 Å². The zero-order chi connectivity index (χ0) is 22.5. The van der Waals surface area contributed by atoms with Crippen molar-refractivity contribution in [2.24, 2.45) is 7.05 Å². The number of aromatic nitrogens is 8. The lowest BCUT2D eigenvalue weighted by Crippen LogP contribution is -2.37. The number of hydrogen-bond donors (Lipinski definition) is 2. The number of fused-ring (bicyclic) bond motifs is 2. The van der Waals surface area contributed by atoms with E-state index < -0.39 is 0 Å². The van der Waals surface area contributed by atoms with Gasteiger partial charge in [-0.05, 0) is 25.0 Å². The SMILES string of the molecule is Cn1c(-c2cnc(N)nc2)nc2c(N3CCC(n4c(=O)[nH]c5ccccc54)CC3)ncnc21. The van der Waals surface area contributed by atoms with E-state index in [0.717, 1.165) is 59.5 Å². The van der Waals surface area contributed by atoms with Gasteiger partial charge in [0.1, 0.15) is 12.2 Å². The van der Waals surface area contributed by atoms with Gasteiger partial charge in [-0.2, -0.15) is 0 Å². The van der Waals surface area contributed by atoms with Crippen LogP contribution in [0.4, 0.5) is 11.8 Å². The summed E-state index contributed by atoms with van der Waals surface area (Å²) in [7, 11) is 1.91. The Kier molecular flexibility index (Phi) is 4.35. The molecule has 0 unspecified atom stereocenters. The first-order valence-corrected chi connectivity index (χ1v) is 10.8. The summed E-state index contributed by atoms with van der Waals surface area (Å²) in [6.07, 6.45) is 6.54. The van der Waals surface area contributed by atoms with Crippen molar-refractivity contribution >= 4 is 34.0 Å². The first-order valence-electron chi connectivity index (χ1n) is 10.8. The van der Waals surface area contributed by atoms with Gasteiger partial charge in [0, 0.05) is 38.6 Å². The lowest BCUT2D eigenvalue weighted by atomic mass is 10.0. The summed E-state index contributed by atoms with van der Waals surface area (Å²) in [5.74, 6) is 1.71. The predicted molar refractivity (Wildman–Crippen MR) is 125 cm³/mol. The fourth-order valence-corrected chi connectivity index (χ4v) is 4.70. The molecule has 1 fully saturated rings. The molecule has 0 bridgehead atoms. The summed E-state index contributed by atoms with van der Waals surface area (Å²) < 4.78 is 3.80. The van der Waals surface area contributed by atoms with Gasteiger partial charge in [-0.1, -0.05) is 12.1 Å². The molecule has 33 heavy (non-hydrogen) atoms. The van der Waals surface area contributed by atoms with Crippen LogP contribution in [-0.4, -0.2) is 52.1 Å². The Morgan fingerprint density at radius 2 is 1.82 bits per heavy atom. The Morgan fingerprint density at radius 1 is 1.06 bits per heavy atom. The molecule has 5 aromatic rings. The Labute approximate surface area is 188 Å². The Morgan fingerprint density at radius 3 is 2.61 bits per heavy atom. The molecule has 11 heteroatoms. The number of para-hydroxylation sites is 2. The molecular weight excluding hydrogens is 420 g/mol. The fourth-order valence-electron chi connectivity index (χ4n) is 4.70. The minimum absolute atomic E-state index is 0.0563. The highest BCUT2D eigenvalue weighted by Crippen LogP contribution is 2.31. The van der Waals surface area contributed by atoms with Crippen LogP contribution in [0.3, 0.4) is 0 Å². The third kappa shape index (κ3) is 3.12. The Balaban J connectivity index is 1.31. The molecule has 1 aliphatic heterocycles. The zero-order valence-electron chi connectivity index (χ0n) is 18.0. The smallest absolute Gasteiger partial charge is 0.326 e. The molecule has 0 radical (unpaired) electrons. The van der Waals surface area contributed by atoms with Crippen molar-refractivity contribution in [1.29, 1.82) is 0 Å². The van der Waals surface area contributed by atoms with Crippen LogP contribution in [0.25, 0.3) is 33.6 Å². The third-order valence-electron chi connectivity index (χ3n) is 6.32. The second-order valence-electron chi connectivity index (χ2n) is 8.23. The summed E-state index contributed by atoms with van der Waals surface area (Å²) in [6.45, 7) is 1.53. The van der Waals surface area contributed by atoms with Crippen LogP contribution in [-0.2, 0) is 7.05 Å². The van der Waals surface area contributed by atoms with Crippen molar-refractivity contribution in [1.82, 2.24) is 39.0 Å². The number of anilines is 2. The van der Waals surface area contributed by atoms with Crippen LogP contribution in [0.1, 0.15) is 18.9 Å². The molecule has 0 atom stereocenters. The van der Waals surface area contributed by atoms with Crippen molar-refractivity contribution in [3.63, 3.8) is 0 Å². The third-order valence-corrected chi connectivity index (χ3v) is 6.32. The van der Waals surface area contributed by atoms with Crippen molar-refractivity contribution in [3.05, 3.63) is 53.5 Å². The molecule has 1 aromatic carbocycles. The summed E-state index contributed by atoms with van der Waals surface area (Å²) in [5, 5.41) is 0. The maximum Gasteiger partial charge on any atom is 0.326 e. The number of benzene rings is 1. The molecular formula is C22H22N10O. The number of hydrogen-bond acceptors (Lipinski definition) is 8. The second kappa shape index (κ2) is 7.40. The summed E-state index contributed by atoms with van der Waals surface area (Å²) in [5.41, 5.74) is 9.61. The lowest BCUT2D eigenvalue weighted by molar-refractivity contribution is 0.395. The Hall–Kier alpha value is -4.28. The molecule has 6 rings (SSSR count). The molecule has 11 nitrogen and oxygen atoms in total. The molecule has 5 heterocycles. The van der Waals surface area contributed by atoms with Crippen LogP contribution < -0.4 is 16.3 Å². The molecule has 166 valence electrons. The molecule has 3 N–H and O–H groups in total. The number of imidazole rings is 2. The average molecular weight is 442 g/mol. The molecule has 0 aliphatic carbocycles. The van der Waals surface area contributed by atoms with E-state index >= 15 is 0 Å². The molecule has 0 amide bonds. The molecule has 0 spiro atoms. The average Bonchev–Trinajstić information content (AvgIpc) is 3.36. The number of piperidine rings is 1. The van der Waals surface area contributed by atoms with Crippen LogP contribution in [0.2, 0.25) is 0 Å². The van der Waals surface area contributed by atoms with Crippen LogP contribution in [0.5, 0.6) is 0 Å². The van der Waals surface area contributed by atoms with Crippen LogP contribution >= 0.6 is 0 Å². The summed E-state index contributed by atoms with van der Waals surface area (Å²) >= 11 is 0. The van der Waals surface area contributed by atoms with E-state index in [1.165, 1.54) is 0 Å². The summed E-state index contributed by atoms with van der Waals surface area (Å²) in [6, 6.07) is 7.95. The maximum atomic E-state index is 12.6. The first kappa shape index (κ1) is 19.4. The number of nitrogens with two attached hydrogens (primary N) is 1. The lowest BCUT2D eigenvalue weighted by Gasteiger charge is -2.33. The number of nitrogen functional groups attached to an aromatic ring is 1. The van der Waals surface area contributed by atoms with Gasteiger partial charge < -0.3 is 20.2 Å². The second-order valence-corrected chi connectivity index (χ2v) is 8.23. The standard InChI is InChI=1S/C22H22N10O/c1-30-18(13-10-24-21(23)25-11-13)29-17-19(30)26-12-27-20(17)31-8-6-14(7-9-31)32-16-5-3-2-4-15(16)28-22(32)33/h2-5,10-12,14H,6-9H2,1H3,(H,28,33)(H2,23,24,25). The van der Waals surface area contributed by atoms with Gasteiger partial charge in [0.2, 0.25) is 5.95 Å². The van der Waals surface area contributed by atoms with Gasteiger partial charge in [-0.15, -0.1) is 0 Å². The minimum Gasteiger partial charge on any atom is -0.368 e. The van der Waals surface area contributed by atoms with Gasteiger partial charge in [0.05, 0.1) is 16.6 Å². The van der Waals surface area contributed by atoms with Crippen LogP contribution in [0, 0.1) is 0 Å². The minimum atomic E-state index is -0.0563.